The van der Waals surface area contributed by atoms with Crippen LogP contribution in [0.5, 0.6) is 0 Å². The number of carbonyl (C=O) groups is 1. The molecule has 54 heavy (non-hydrogen) atoms. The zero-order valence-electron chi connectivity index (χ0n) is 35.3. The summed E-state index contributed by atoms with van der Waals surface area (Å²) in [5.74, 6) is -0.379. The van der Waals surface area contributed by atoms with Crippen molar-refractivity contribution in [1.29, 1.82) is 0 Å². The highest BCUT2D eigenvalue weighted by Crippen LogP contribution is 2.43. The van der Waals surface area contributed by atoms with Gasteiger partial charge < -0.3 is 24.0 Å². The van der Waals surface area contributed by atoms with Crippen LogP contribution in [0.2, 0.25) is 0 Å². The van der Waals surface area contributed by atoms with E-state index < -0.39 is 13.9 Å². The number of aliphatic hydroxyl groups excluding tert-OH is 1. The van der Waals surface area contributed by atoms with E-state index in [2.05, 4.69) is 55.5 Å². The van der Waals surface area contributed by atoms with E-state index in [-0.39, 0.29) is 38.3 Å². The molecule has 0 radical (unpaired) electrons. The van der Waals surface area contributed by atoms with Gasteiger partial charge in [0.1, 0.15) is 19.3 Å². The first kappa shape index (κ1) is 52.4. The Morgan fingerprint density at radius 2 is 1.15 bits per heavy atom. The molecule has 0 aromatic rings. The molecule has 2 N–H and O–H groups in total. The lowest BCUT2D eigenvalue weighted by molar-refractivity contribution is -0.870. The minimum atomic E-state index is -4.29. The second-order valence-electron chi connectivity index (χ2n) is 15.5. The van der Waals surface area contributed by atoms with E-state index in [0.717, 1.165) is 57.8 Å². The molecule has 0 bridgehead atoms. The van der Waals surface area contributed by atoms with Crippen LogP contribution in [0.4, 0.5) is 0 Å². The fraction of sp³-hybridized carbons (Fsp3) is 0.795. The number of allylic oxidation sites excluding steroid dienone is 8. The highest BCUT2D eigenvalue weighted by atomic mass is 31.2. The monoisotopic (exact) mass is 785 g/mol. The molecule has 0 aliphatic heterocycles. The Morgan fingerprint density at radius 3 is 1.67 bits per heavy atom. The van der Waals surface area contributed by atoms with Gasteiger partial charge in [-0.2, -0.15) is 0 Å². The smallest absolute Gasteiger partial charge is 0.457 e. The quantitative estimate of drug-likeness (QED) is 0.0208. The third-order valence-corrected chi connectivity index (χ3v) is 10.0. The van der Waals surface area contributed by atoms with Gasteiger partial charge in [0.25, 0.3) is 0 Å². The van der Waals surface area contributed by atoms with Crippen molar-refractivity contribution in [3.8, 4) is 0 Å². The number of rotatable bonds is 39. The summed E-state index contributed by atoms with van der Waals surface area (Å²) < 4.78 is 34.9. The van der Waals surface area contributed by atoms with Crippen LogP contribution in [0.25, 0.3) is 0 Å². The molecular weight excluding hydrogens is 701 g/mol. The summed E-state index contributed by atoms with van der Waals surface area (Å²) >= 11 is 0. The number of nitrogens with zero attached hydrogens (tertiary/aromatic N) is 1. The molecule has 316 valence electrons. The molecule has 0 heterocycles. The van der Waals surface area contributed by atoms with E-state index in [9.17, 15) is 19.4 Å². The molecule has 0 amide bonds. The number of likely N-dealkylation sites (N-methyl/N-ethyl adjacent to an activating group) is 1. The maximum atomic E-state index is 12.7. The van der Waals surface area contributed by atoms with Gasteiger partial charge in [-0.1, -0.05) is 146 Å². The maximum absolute atomic E-state index is 12.7. The normalized spacial score (nSPS) is 14.9. The van der Waals surface area contributed by atoms with Crippen LogP contribution in [0.3, 0.4) is 0 Å². The van der Waals surface area contributed by atoms with Gasteiger partial charge in [0.15, 0.2) is 0 Å². The number of unbranched alkanes of at least 4 members (excludes halogenated alkanes) is 14. The van der Waals surface area contributed by atoms with Crippen LogP contribution in [-0.2, 0) is 27.9 Å². The standard InChI is InChI=1S/C44H82NO8P/c1-6-8-9-10-11-12-13-14-19-22-25-28-31-34-38-50-40-43(41-52-54(48,49)51-39-37-45(3,4)5)53-44(47)36-33-30-27-24-21-18-16-15-17-20-23-26-29-32-35-42(46)7-2/h16-18,20,24,26-27,29,42-43,46H,6-15,19,21-23,25,28,30-41H2,1-5H3/p+1/b18-16-,20-17-,27-24-,29-26-. The number of ether oxygens (including phenoxy) is 2. The zero-order valence-corrected chi connectivity index (χ0v) is 36.2. The third-order valence-electron chi connectivity index (χ3n) is 9.06. The Labute approximate surface area is 331 Å². The summed E-state index contributed by atoms with van der Waals surface area (Å²) in [4.78, 5) is 22.8. The Hall–Kier alpha value is -1.58. The van der Waals surface area contributed by atoms with Gasteiger partial charge in [-0.3, -0.25) is 13.8 Å². The van der Waals surface area contributed by atoms with Gasteiger partial charge in [0.05, 0.1) is 40.5 Å². The summed E-state index contributed by atoms with van der Waals surface area (Å²) in [5, 5.41) is 9.57. The van der Waals surface area contributed by atoms with Gasteiger partial charge in [-0.25, -0.2) is 4.57 Å². The minimum absolute atomic E-state index is 0.0718. The van der Waals surface area contributed by atoms with E-state index in [1.807, 2.05) is 28.1 Å². The number of quaternary nitrogens is 1. The molecule has 3 unspecified atom stereocenters. The van der Waals surface area contributed by atoms with E-state index in [0.29, 0.717) is 24.1 Å². The van der Waals surface area contributed by atoms with Crippen LogP contribution in [-0.4, -0.2) is 86.8 Å². The average Bonchev–Trinajstić information content (AvgIpc) is 3.12. The van der Waals surface area contributed by atoms with E-state index >= 15 is 0 Å². The number of aliphatic hydroxyl groups is 1. The average molecular weight is 785 g/mol. The van der Waals surface area contributed by atoms with Crippen LogP contribution in [0, 0.1) is 0 Å². The highest BCUT2D eigenvalue weighted by molar-refractivity contribution is 7.47. The van der Waals surface area contributed by atoms with Gasteiger partial charge >= 0.3 is 13.8 Å². The maximum Gasteiger partial charge on any atom is 0.472 e. The third kappa shape index (κ3) is 40.1. The molecule has 9 nitrogen and oxygen atoms in total. The van der Waals surface area contributed by atoms with Crippen LogP contribution in [0.1, 0.15) is 162 Å². The summed E-state index contributed by atoms with van der Waals surface area (Å²) in [6.45, 7) is 5.25. The van der Waals surface area contributed by atoms with Crippen molar-refractivity contribution in [3.05, 3.63) is 48.6 Å². The first-order chi connectivity index (χ1) is 26.0. The second kappa shape index (κ2) is 37.0. The summed E-state index contributed by atoms with van der Waals surface area (Å²) in [6, 6.07) is 0. The summed E-state index contributed by atoms with van der Waals surface area (Å²) in [6.07, 6.45) is 40.9. The van der Waals surface area contributed by atoms with Crippen LogP contribution < -0.4 is 0 Å². The van der Waals surface area contributed by atoms with Gasteiger partial charge in [0, 0.05) is 13.0 Å². The molecule has 0 saturated heterocycles. The number of carbonyl (C=O) groups excluding carboxylic acids is 1. The molecule has 0 saturated carbocycles. The predicted molar refractivity (Wildman–Crippen MR) is 225 cm³/mol. The first-order valence-electron chi connectivity index (χ1n) is 21.5. The minimum Gasteiger partial charge on any atom is -0.457 e. The van der Waals surface area contributed by atoms with Crippen molar-refractivity contribution in [2.24, 2.45) is 0 Å². The molecule has 0 spiro atoms. The SMILES string of the molecule is CCCCCCCCCCCCCCCCOCC(COP(=O)(O)OCC[N+](C)(C)C)OC(=O)CCC/C=C\C/C=C\C/C=C\C/C=C\CCC(O)CC. The molecule has 3 atom stereocenters. The summed E-state index contributed by atoms with van der Waals surface area (Å²) in [5.41, 5.74) is 0. The number of phosphoric acid groups is 1. The van der Waals surface area contributed by atoms with E-state index in [1.165, 1.54) is 77.0 Å². The fourth-order valence-electron chi connectivity index (χ4n) is 5.52. The molecular formula is C44H83NO8P+. The first-order valence-corrected chi connectivity index (χ1v) is 23.0. The Kier molecular flexibility index (Phi) is 35.9. The van der Waals surface area contributed by atoms with Crippen molar-refractivity contribution in [2.75, 3.05) is 54.1 Å². The summed E-state index contributed by atoms with van der Waals surface area (Å²) in [7, 11) is 1.61. The Morgan fingerprint density at radius 1 is 0.648 bits per heavy atom. The van der Waals surface area contributed by atoms with Crippen molar-refractivity contribution >= 4 is 13.8 Å². The topological polar surface area (TPSA) is 112 Å². The van der Waals surface area contributed by atoms with Crippen molar-refractivity contribution < 1.29 is 42.4 Å². The molecule has 10 heteroatoms. The predicted octanol–water partition coefficient (Wildman–Crippen LogP) is 11.4. The van der Waals surface area contributed by atoms with Crippen molar-refractivity contribution in [1.82, 2.24) is 0 Å². The number of hydrogen-bond acceptors (Lipinski definition) is 7. The molecule has 0 aliphatic rings. The molecule has 0 aliphatic carbocycles. The van der Waals surface area contributed by atoms with Gasteiger partial charge in [0.2, 0.25) is 0 Å². The Balaban J connectivity index is 4.36. The molecule has 0 aromatic carbocycles. The molecule has 0 rings (SSSR count). The number of esters is 1. The number of hydrogen-bond donors (Lipinski definition) is 2. The van der Waals surface area contributed by atoms with Gasteiger partial charge in [-0.05, 0) is 57.8 Å². The van der Waals surface area contributed by atoms with Crippen LogP contribution >= 0.6 is 7.82 Å². The number of phosphoric ester groups is 1. The molecule has 0 fully saturated rings. The zero-order chi connectivity index (χ0) is 40.0. The Bertz CT molecular complexity index is 1020. The second-order valence-corrected chi connectivity index (χ2v) is 17.0. The fourth-order valence-corrected chi connectivity index (χ4v) is 6.27. The lowest BCUT2D eigenvalue weighted by atomic mass is 10.0. The van der Waals surface area contributed by atoms with Crippen molar-refractivity contribution in [2.45, 2.75) is 174 Å². The van der Waals surface area contributed by atoms with E-state index in [4.69, 9.17) is 18.5 Å². The van der Waals surface area contributed by atoms with Crippen molar-refractivity contribution in [3.63, 3.8) is 0 Å². The van der Waals surface area contributed by atoms with E-state index in [1.54, 1.807) is 0 Å². The molecule has 0 aromatic heterocycles. The van der Waals surface area contributed by atoms with Crippen LogP contribution in [0.15, 0.2) is 48.6 Å². The lowest BCUT2D eigenvalue weighted by Crippen LogP contribution is -2.37. The lowest BCUT2D eigenvalue weighted by Gasteiger charge is -2.24. The highest BCUT2D eigenvalue weighted by Gasteiger charge is 2.26. The largest absolute Gasteiger partial charge is 0.472 e. The van der Waals surface area contributed by atoms with Gasteiger partial charge in [-0.15, -0.1) is 0 Å².